The van der Waals surface area contributed by atoms with E-state index in [0.29, 0.717) is 17.9 Å². The number of amides is 1. The van der Waals surface area contributed by atoms with Gasteiger partial charge in [0.05, 0.1) is 12.2 Å². The second-order valence-corrected chi connectivity index (χ2v) is 3.87. The Morgan fingerprint density at radius 1 is 1.40 bits per heavy atom. The molecule has 6 heteroatoms. The van der Waals surface area contributed by atoms with Crippen LogP contribution in [-0.2, 0) is 9.53 Å². The summed E-state index contributed by atoms with van der Waals surface area (Å²) in [5.74, 6) is -0.650. The SMILES string of the molecule is CCOc1ccccc1C(=O)NCC(=O)O[C@H](C)C#N. The summed E-state index contributed by atoms with van der Waals surface area (Å²) in [6, 6.07) is 8.50. The van der Waals surface area contributed by atoms with Gasteiger partial charge in [-0.25, -0.2) is 0 Å². The number of nitrogens with one attached hydrogen (secondary N) is 1. The maximum atomic E-state index is 11.9. The number of carbonyl (C=O) groups excluding carboxylic acids is 2. The van der Waals surface area contributed by atoms with Crippen LogP contribution in [0.1, 0.15) is 24.2 Å². The Kier molecular flexibility index (Phi) is 6.04. The van der Waals surface area contributed by atoms with Crippen molar-refractivity contribution in [1.82, 2.24) is 5.32 Å². The van der Waals surface area contributed by atoms with Crippen LogP contribution >= 0.6 is 0 Å². The minimum atomic E-state index is -0.838. The lowest BCUT2D eigenvalue weighted by atomic mass is 10.2. The number of rotatable bonds is 6. The number of hydrogen-bond acceptors (Lipinski definition) is 5. The molecule has 1 amide bonds. The third-order valence-corrected chi connectivity index (χ3v) is 2.31. The zero-order valence-electron chi connectivity index (χ0n) is 11.4. The Hall–Kier alpha value is -2.55. The highest BCUT2D eigenvalue weighted by molar-refractivity contribution is 5.98. The molecule has 0 aliphatic carbocycles. The Balaban J connectivity index is 2.59. The molecule has 0 heterocycles. The molecular weight excluding hydrogens is 260 g/mol. The highest BCUT2D eigenvalue weighted by Crippen LogP contribution is 2.17. The number of carbonyl (C=O) groups is 2. The number of hydrogen-bond donors (Lipinski definition) is 1. The molecule has 0 bridgehead atoms. The largest absolute Gasteiger partial charge is 0.493 e. The fourth-order valence-electron chi connectivity index (χ4n) is 1.45. The summed E-state index contributed by atoms with van der Waals surface area (Å²) in [6.45, 7) is 3.40. The summed E-state index contributed by atoms with van der Waals surface area (Å²) >= 11 is 0. The van der Waals surface area contributed by atoms with E-state index in [2.05, 4.69) is 5.32 Å². The maximum absolute atomic E-state index is 11.9. The molecule has 1 N–H and O–H groups in total. The van der Waals surface area contributed by atoms with Crippen molar-refractivity contribution in [3.8, 4) is 11.8 Å². The number of ether oxygens (including phenoxy) is 2. The van der Waals surface area contributed by atoms with Crippen molar-refractivity contribution in [3.63, 3.8) is 0 Å². The molecule has 1 atom stereocenters. The molecule has 0 saturated carbocycles. The molecule has 0 spiro atoms. The quantitative estimate of drug-likeness (QED) is 0.790. The molecule has 0 radical (unpaired) electrons. The molecule has 6 nitrogen and oxygen atoms in total. The van der Waals surface area contributed by atoms with Crippen molar-refractivity contribution < 1.29 is 19.1 Å². The van der Waals surface area contributed by atoms with Crippen LogP contribution in [0.3, 0.4) is 0 Å². The van der Waals surface area contributed by atoms with E-state index >= 15 is 0 Å². The van der Waals surface area contributed by atoms with Crippen LogP contribution < -0.4 is 10.1 Å². The molecule has 1 aromatic rings. The van der Waals surface area contributed by atoms with Crippen molar-refractivity contribution >= 4 is 11.9 Å². The van der Waals surface area contributed by atoms with Crippen molar-refractivity contribution in [2.45, 2.75) is 20.0 Å². The van der Waals surface area contributed by atoms with Crippen LogP contribution in [0, 0.1) is 11.3 Å². The molecule has 1 aromatic carbocycles. The Labute approximate surface area is 117 Å². The molecule has 0 aliphatic rings. The monoisotopic (exact) mass is 276 g/mol. The zero-order valence-corrected chi connectivity index (χ0v) is 11.4. The second-order valence-electron chi connectivity index (χ2n) is 3.87. The first-order valence-electron chi connectivity index (χ1n) is 6.17. The van der Waals surface area contributed by atoms with Crippen LogP contribution in [0.25, 0.3) is 0 Å². The van der Waals surface area contributed by atoms with Crippen molar-refractivity contribution in [3.05, 3.63) is 29.8 Å². The van der Waals surface area contributed by atoms with E-state index in [9.17, 15) is 9.59 Å². The van der Waals surface area contributed by atoms with Gasteiger partial charge in [0.2, 0.25) is 0 Å². The van der Waals surface area contributed by atoms with E-state index in [0.717, 1.165) is 0 Å². The molecule has 106 valence electrons. The van der Waals surface area contributed by atoms with Gasteiger partial charge in [0.1, 0.15) is 18.4 Å². The lowest BCUT2D eigenvalue weighted by molar-refractivity contribution is -0.144. The van der Waals surface area contributed by atoms with Gasteiger partial charge in [-0.2, -0.15) is 5.26 Å². The van der Waals surface area contributed by atoms with Gasteiger partial charge in [-0.15, -0.1) is 0 Å². The predicted octanol–water partition coefficient (Wildman–Crippen LogP) is 1.27. The third kappa shape index (κ3) is 4.61. The molecule has 0 aliphatic heterocycles. The summed E-state index contributed by atoms with van der Waals surface area (Å²) in [6.07, 6.45) is -0.838. The number of esters is 1. The van der Waals surface area contributed by atoms with Crippen LogP contribution in [0.5, 0.6) is 5.75 Å². The minimum absolute atomic E-state index is 0.300. The van der Waals surface area contributed by atoms with Crippen LogP contribution in [0.2, 0.25) is 0 Å². The smallest absolute Gasteiger partial charge is 0.326 e. The van der Waals surface area contributed by atoms with E-state index in [1.807, 2.05) is 6.92 Å². The lowest BCUT2D eigenvalue weighted by Crippen LogP contribution is -2.32. The van der Waals surface area contributed by atoms with E-state index < -0.39 is 18.0 Å². The van der Waals surface area contributed by atoms with Crippen LogP contribution in [0.15, 0.2) is 24.3 Å². The summed E-state index contributed by atoms with van der Waals surface area (Å²) in [5.41, 5.74) is 0.343. The van der Waals surface area contributed by atoms with Crippen LogP contribution in [-0.4, -0.2) is 31.1 Å². The van der Waals surface area contributed by atoms with Crippen LogP contribution in [0.4, 0.5) is 0 Å². The number of benzene rings is 1. The molecule has 0 saturated heterocycles. The third-order valence-electron chi connectivity index (χ3n) is 2.31. The van der Waals surface area contributed by atoms with Crippen molar-refractivity contribution in [2.24, 2.45) is 0 Å². The molecular formula is C14H16N2O4. The Bertz CT molecular complexity index is 522. The topological polar surface area (TPSA) is 88.4 Å². The first-order chi connectivity index (χ1) is 9.58. The predicted molar refractivity (Wildman–Crippen MR) is 71.1 cm³/mol. The highest BCUT2D eigenvalue weighted by Gasteiger charge is 2.14. The maximum Gasteiger partial charge on any atom is 0.326 e. The van der Waals surface area contributed by atoms with Gasteiger partial charge in [-0.1, -0.05) is 12.1 Å². The molecule has 20 heavy (non-hydrogen) atoms. The van der Waals surface area contributed by atoms with E-state index in [1.54, 1.807) is 30.3 Å². The van der Waals surface area contributed by atoms with Gasteiger partial charge in [0.25, 0.3) is 5.91 Å². The van der Waals surface area contributed by atoms with E-state index in [-0.39, 0.29) is 6.54 Å². The van der Waals surface area contributed by atoms with Gasteiger partial charge in [0, 0.05) is 0 Å². The summed E-state index contributed by atoms with van der Waals surface area (Å²) in [7, 11) is 0. The second kappa shape index (κ2) is 7.79. The average Bonchev–Trinajstić information content (AvgIpc) is 2.45. The van der Waals surface area contributed by atoms with Gasteiger partial charge in [0.15, 0.2) is 6.10 Å². The average molecular weight is 276 g/mol. The normalized spacial score (nSPS) is 11.1. The molecule has 0 aromatic heterocycles. The first-order valence-corrected chi connectivity index (χ1v) is 6.17. The number of para-hydroxylation sites is 1. The first kappa shape index (κ1) is 15.5. The molecule has 1 rings (SSSR count). The van der Waals surface area contributed by atoms with E-state index in [4.69, 9.17) is 14.7 Å². The Morgan fingerprint density at radius 3 is 2.75 bits per heavy atom. The lowest BCUT2D eigenvalue weighted by Gasteiger charge is -2.10. The molecule has 0 fully saturated rings. The highest BCUT2D eigenvalue weighted by atomic mass is 16.5. The summed E-state index contributed by atoms with van der Waals surface area (Å²) < 4.78 is 10.0. The fourth-order valence-corrected chi connectivity index (χ4v) is 1.45. The molecule has 0 unspecified atom stereocenters. The van der Waals surface area contributed by atoms with E-state index in [1.165, 1.54) is 6.92 Å². The van der Waals surface area contributed by atoms with Gasteiger partial charge in [-0.3, -0.25) is 9.59 Å². The van der Waals surface area contributed by atoms with Gasteiger partial charge in [-0.05, 0) is 26.0 Å². The fraction of sp³-hybridized carbons (Fsp3) is 0.357. The standard InChI is InChI=1S/C14H16N2O4/c1-3-19-12-7-5-4-6-11(12)14(18)16-9-13(17)20-10(2)8-15/h4-7,10H,3,9H2,1-2H3,(H,16,18)/t10-/m1/s1. The number of nitrogens with zero attached hydrogens (tertiary/aromatic N) is 1. The van der Waals surface area contributed by atoms with Gasteiger partial charge >= 0.3 is 5.97 Å². The minimum Gasteiger partial charge on any atom is -0.493 e. The van der Waals surface area contributed by atoms with Crippen molar-refractivity contribution in [2.75, 3.05) is 13.2 Å². The zero-order chi connectivity index (χ0) is 15.0. The van der Waals surface area contributed by atoms with Gasteiger partial charge < -0.3 is 14.8 Å². The number of nitriles is 1. The van der Waals surface area contributed by atoms with Crippen molar-refractivity contribution in [1.29, 1.82) is 5.26 Å². The summed E-state index contributed by atoms with van der Waals surface area (Å²) in [5, 5.41) is 10.9. The summed E-state index contributed by atoms with van der Waals surface area (Å²) in [4.78, 5) is 23.3. The Morgan fingerprint density at radius 2 is 2.10 bits per heavy atom.